The van der Waals surface area contributed by atoms with Gasteiger partial charge in [0.15, 0.2) is 5.84 Å². The van der Waals surface area contributed by atoms with Crippen LogP contribution in [-0.2, 0) is 0 Å². The van der Waals surface area contributed by atoms with E-state index in [4.69, 9.17) is 14.4 Å². The van der Waals surface area contributed by atoms with Crippen molar-refractivity contribution in [1.82, 2.24) is 0 Å². The number of para-hydroxylation sites is 1. The van der Waals surface area contributed by atoms with Crippen molar-refractivity contribution < 1.29 is 4.42 Å². The molecule has 5 heteroatoms. The lowest BCUT2D eigenvalue weighted by Gasteiger charge is -2.17. The fraction of sp³-hybridized carbons (Fsp3) is 0.0645. The largest absolute Gasteiger partial charge is 0.456 e. The molecule has 0 N–H and O–H groups in total. The Balaban J connectivity index is 0.996. The molecule has 0 saturated heterocycles. The van der Waals surface area contributed by atoms with Crippen LogP contribution in [0, 0.1) is 5.92 Å². The van der Waals surface area contributed by atoms with E-state index in [-0.39, 0.29) is 5.92 Å². The normalized spacial score (nSPS) is 13.2. The number of thiophene rings is 2. The molecule has 1 atom stereocenters. The summed E-state index contributed by atoms with van der Waals surface area (Å²) in [6.45, 7) is 9.19. The molecule has 0 saturated carbocycles. The van der Waals surface area contributed by atoms with E-state index >= 15 is 0 Å². The average Bonchev–Trinajstić information content (AvgIpc) is 4.08. The van der Waals surface area contributed by atoms with Crippen LogP contribution in [0.4, 0.5) is 0 Å². The summed E-state index contributed by atoms with van der Waals surface area (Å²) in [6.07, 6.45) is 0.906. The fourth-order valence-electron chi connectivity index (χ4n) is 10.3. The van der Waals surface area contributed by atoms with Gasteiger partial charge in [-0.25, -0.2) is 9.98 Å². The maximum absolute atomic E-state index is 6.45. The summed E-state index contributed by atoms with van der Waals surface area (Å²) in [5.41, 5.74) is 8.74. The molecule has 0 radical (unpaired) electrons. The second-order valence-electron chi connectivity index (χ2n) is 17.6. The van der Waals surface area contributed by atoms with E-state index < -0.39 is 0 Å². The third-order valence-electron chi connectivity index (χ3n) is 13.8. The number of hydrogen-bond donors (Lipinski definition) is 0. The van der Waals surface area contributed by atoms with Crippen molar-refractivity contribution >= 4 is 135 Å². The summed E-state index contributed by atoms with van der Waals surface area (Å²) in [5.74, 6) is 0.734. The second kappa shape index (κ2) is 15.7. The van der Waals surface area contributed by atoms with Crippen LogP contribution in [-0.4, -0.2) is 11.5 Å². The Hall–Kier alpha value is -7.70. The van der Waals surface area contributed by atoms with Crippen LogP contribution in [0.15, 0.2) is 209 Å². The molecule has 0 fully saturated rings. The highest BCUT2D eigenvalue weighted by molar-refractivity contribution is 7.26. The first-order chi connectivity index (χ1) is 33.0. The van der Waals surface area contributed by atoms with Crippen molar-refractivity contribution in [3.05, 3.63) is 211 Å². The number of aliphatic imine (C=N–C) groups is 2. The van der Waals surface area contributed by atoms with E-state index in [9.17, 15) is 0 Å². The maximum Gasteiger partial charge on any atom is 0.160 e. The summed E-state index contributed by atoms with van der Waals surface area (Å²) >= 11 is 3.72. The molecule has 0 aliphatic carbocycles. The average molecular weight is 895 g/mol. The molecule has 3 aromatic heterocycles. The molecule has 0 aliphatic rings. The Morgan fingerprint density at radius 1 is 0.478 bits per heavy atom. The number of rotatable bonds is 7. The van der Waals surface area contributed by atoms with Gasteiger partial charge in [-0.15, -0.1) is 22.7 Å². The first-order valence-electron chi connectivity index (χ1n) is 23.0. The number of fused-ring (bicyclic) bond motifs is 15. The van der Waals surface area contributed by atoms with Crippen LogP contribution < -0.4 is 0 Å². The van der Waals surface area contributed by atoms with Crippen LogP contribution >= 0.6 is 22.7 Å². The van der Waals surface area contributed by atoms with Crippen molar-refractivity contribution in [2.24, 2.45) is 15.9 Å². The molecule has 1 unspecified atom stereocenters. The van der Waals surface area contributed by atoms with E-state index in [2.05, 4.69) is 184 Å². The standard InChI is InChI=1S/C62H42N2OS2/c1-4-36(2)60(39-30-32-44-42-18-6-5-16-40(42)41-17-7-8-19-43(41)51(44)35-39)64-62(50-25-14-27-54-58(50)48-20-9-11-26-53(48)65-54)63-37(3)38-31-33-56-52(34-38)47-24-13-23-46(61(47)67-56)45-22-15-29-57-59(45)49-21-10-12-28-55(49)66-57/h5-36H,3-4H2,1-2H3. The quantitative estimate of drug-likeness (QED) is 0.0892. The van der Waals surface area contributed by atoms with Gasteiger partial charge in [0.1, 0.15) is 11.2 Å². The summed E-state index contributed by atoms with van der Waals surface area (Å²) in [4.78, 5) is 11.2. The predicted molar refractivity (Wildman–Crippen MR) is 292 cm³/mol. The molecular weight excluding hydrogens is 853 g/mol. The molecule has 318 valence electrons. The van der Waals surface area contributed by atoms with Gasteiger partial charge < -0.3 is 4.42 Å². The summed E-state index contributed by atoms with van der Waals surface area (Å²) in [7, 11) is 0. The number of amidine groups is 1. The highest BCUT2D eigenvalue weighted by Crippen LogP contribution is 2.46. The highest BCUT2D eigenvalue weighted by atomic mass is 32.1. The van der Waals surface area contributed by atoms with E-state index in [1.807, 2.05) is 46.9 Å². The van der Waals surface area contributed by atoms with Gasteiger partial charge in [0.2, 0.25) is 0 Å². The van der Waals surface area contributed by atoms with E-state index in [1.165, 1.54) is 83.8 Å². The Labute approximate surface area is 395 Å². The maximum atomic E-state index is 6.45. The molecule has 13 aromatic rings. The molecule has 0 amide bonds. The molecule has 3 nitrogen and oxygen atoms in total. The smallest absolute Gasteiger partial charge is 0.160 e. The zero-order chi connectivity index (χ0) is 44.8. The van der Waals surface area contributed by atoms with Crippen LogP contribution in [0.5, 0.6) is 0 Å². The van der Waals surface area contributed by atoms with Gasteiger partial charge in [-0.1, -0.05) is 166 Å². The zero-order valence-corrected chi connectivity index (χ0v) is 38.6. The Morgan fingerprint density at radius 3 is 1.85 bits per heavy atom. The van der Waals surface area contributed by atoms with Crippen LogP contribution in [0.25, 0.3) is 111 Å². The minimum Gasteiger partial charge on any atom is -0.456 e. The highest BCUT2D eigenvalue weighted by Gasteiger charge is 2.21. The third-order valence-corrected chi connectivity index (χ3v) is 16.1. The fourth-order valence-corrected chi connectivity index (χ4v) is 12.7. The first-order valence-corrected chi connectivity index (χ1v) is 24.6. The SMILES string of the molecule is C=C(N=C(N=C(c1ccc2c3ccccc3c3ccccc3c2c1)C(C)CC)c1cccc2oc3ccccc3c12)c1ccc2sc3c(-c4cccc5sc6ccccc6c45)cccc3c2c1. The number of benzene rings is 10. The minimum atomic E-state index is 0.128. The van der Waals surface area contributed by atoms with E-state index in [0.717, 1.165) is 50.8 Å². The van der Waals surface area contributed by atoms with Crippen molar-refractivity contribution in [1.29, 1.82) is 0 Å². The first kappa shape index (κ1) is 39.6. The number of nitrogens with zero attached hydrogens (tertiary/aromatic N) is 2. The molecular formula is C62H42N2OS2. The van der Waals surface area contributed by atoms with Gasteiger partial charge in [-0.2, -0.15) is 0 Å². The van der Waals surface area contributed by atoms with Gasteiger partial charge in [-0.05, 0) is 98.2 Å². The van der Waals surface area contributed by atoms with Crippen molar-refractivity contribution in [2.75, 3.05) is 0 Å². The Morgan fingerprint density at radius 2 is 1.06 bits per heavy atom. The van der Waals surface area contributed by atoms with E-state index in [0.29, 0.717) is 11.5 Å². The summed E-state index contributed by atoms with van der Waals surface area (Å²) in [6, 6.07) is 67.7. The molecule has 0 bridgehead atoms. The second-order valence-corrected chi connectivity index (χ2v) is 19.7. The lowest BCUT2D eigenvalue weighted by Crippen LogP contribution is -2.15. The Bertz CT molecular complexity index is 4220. The van der Waals surface area contributed by atoms with Gasteiger partial charge in [0.05, 0.1) is 11.4 Å². The number of furan rings is 1. The molecule has 3 heterocycles. The number of hydrogen-bond acceptors (Lipinski definition) is 4. The van der Waals surface area contributed by atoms with Crippen LogP contribution in [0.2, 0.25) is 0 Å². The topological polar surface area (TPSA) is 37.9 Å². The summed E-state index contributed by atoms with van der Waals surface area (Å²) < 4.78 is 11.6. The monoisotopic (exact) mass is 894 g/mol. The third kappa shape index (κ3) is 6.37. The van der Waals surface area contributed by atoms with Gasteiger partial charge in [-0.3, -0.25) is 0 Å². The molecule has 67 heavy (non-hydrogen) atoms. The lowest BCUT2D eigenvalue weighted by atomic mass is 9.90. The summed E-state index contributed by atoms with van der Waals surface area (Å²) in [5, 5.41) is 14.5. The Kier molecular flexibility index (Phi) is 9.31. The van der Waals surface area contributed by atoms with Crippen molar-refractivity contribution in [3.63, 3.8) is 0 Å². The van der Waals surface area contributed by atoms with Gasteiger partial charge in [0, 0.05) is 67.8 Å². The van der Waals surface area contributed by atoms with Crippen LogP contribution in [0.3, 0.4) is 0 Å². The molecule has 0 aliphatic heterocycles. The molecule has 10 aromatic carbocycles. The molecule has 0 spiro atoms. The van der Waals surface area contributed by atoms with Crippen molar-refractivity contribution in [3.8, 4) is 11.1 Å². The van der Waals surface area contributed by atoms with Gasteiger partial charge in [0.25, 0.3) is 0 Å². The minimum absolute atomic E-state index is 0.128. The molecule has 13 rings (SSSR count). The lowest BCUT2D eigenvalue weighted by molar-refractivity contribution is 0.669. The van der Waals surface area contributed by atoms with Crippen molar-refractivity contribution in [2.45, 2.75) is 20.3 Å². The van der Waals surface area contributed by atoms with Crippen LogP contribution in [0.1, 0.15) is 37.0 Å². The van der Waals surface area contributed by atoms with Gasteiger partial charge >= 0.3 is 0 Å². The predicted octanol–water partition coefficient (Wildman–Crippen LogP) is 18.4. The van der Waals surface area contributed by atoms with E-state index in [1.54, 1.807) is 0 Å². The zero-order valence-electron chi connectivity index (χ0n) is 37.0.